The van der Waals surface area contributed by atoms with E-state index in [0.717, 1.165) is 23.5 Å². The maximum Gasteiger partial charge on any atom is 0.167 e. The SMILES string of the molecule is COc1ccc(CN(OSN(C)c2ccc(F)c(C)n2)c2ccsn2)cc1.S. The van der Waals surface area contributed by atoms with Crippen LogP contribution in [0, 0.1) is 12.7 Å². The molecule has 1 aromatic carbocycles. The smallest absolute Gasteiger partial charge is 0.167 e. The molecule has 0 radical (unpaired) electrons. The number of anilines is 2. The summed E-state index contributed by atoms with van der Waals surface area (Å²) >= 11 is 2.44. The van der Waals surface area contributed by atoms with Gasteiger partial charge in [-0.1, -0.05) is 12.1 Å². The summed E-state index contributed by atoms with van der Waals surface area (Å²) in [5.74, 6) is 1.77. The van der Waals surface area contributed by atoms with E-state index in [-0.39, 0.29) is 19.3 Å². The van der Waals surface area contributed by atoms with Crippen molar-refractivity contribution in [2.45, 2.75) is 13.5 Å². The van der Waals surface area contributed by atoms with Crippen molar-refractivity contribution in [3.8, 4) is 5.75 Å². The first kappa shape index (κ1) is 22.3. The zero-order valence-electron chi connectivity index (χ0n) is 15.6. The minimum absolute atomic E-state index is 0. The molecule has 0 amide bonds. The summed E-state index contributed by atoms with van der Waals surface area (Å²) < 4.78 is 30.6. The molecule has 10 heteroatoms. The van der Waals surface area contributed by atoms with Gasteiger partial charge in [-0.25, -0.2) is 14.4 Å². The van der Waals surface area contributed by atoms with Crippen LogP contribution in [0.25, 0.3) is 0 Å². The summed E-state index contributed by atoms with van der Waals surface area (Å²) in [5, 5.41) is 3.58. The fourth-order valence-electron chi connectivity index (χ4n) is 2.21. The van der Waals surface area contributed by atoms with Gasteiger partial charge in [-0.05, 0) is 54.4 Å². The molecule has 0 saturated carbocycles. The predicted molar refractivity (Wildman–Crippen MR) is 118 cm³/mol. The third kappa shape index (κ3) is 5.74. The van der Waals surface area contributed by atoms with Crippen LogP contribution in [0.5, 0.6) is 5.75 Å². The van der Waals surface area contributed by atoms with Gasteiger partial charge in [0.25, 0.3) is 0 Å². The van der Waals surface area contributed by atoms with Gasteiger partial charge in [-0.3, -0.25) is 4.31 Å². The molecule has 3 rings (SSSR count). The highest BCUT2D eigenvalue weighted by Gasteiger charge is 2.15. The molecule has 2 heterocycles. The molecule has 2 aromatic heterocycles. The first-order valence-electron chi connectivity index (χ1n) is 8.09. The maximum absolute atomic E-state index is 13.4. The van der Waals surface area contributed by atoms with Gasteiger partial charge < -0.3 is 4.74 Å². The Labute approximate surface area is 179 Å². The number of rotatable bonds is 8. The van der Waals surface area contributed by atoms with Gasteiger partial charge in [0, 0.05) is 12.4 Å². The van der Waals surface area contributed by atoms with Crippen molar-refractivity contribution in [1.82, 2.24) is 9.36 Å². The maximum atomic E-state index is 13.4. The Balaban J connectivity index is 0.00000280. The largest absolute Gasteiger partial charge is 0.497 e. The molecule has 0 fully saturated rings. The van der Waals surface area contributed by atoms with E-state index in [1.807, 2.05) is 35.7 Å². The highest BCUT2D eigenvalue weighted by atomic mass is 32.2. The van der Waals surface area contributed by atoms with Crippen LogP contribution < -0.4 is 14.1 Å². The number of hydrogen-bond donors (Lipinski definition) is 0. The fraction of sp³-hybridized carbons (Fsp3) is 0.222. The van der Waals surface area contributed by atoms with E-state index in [4.69, 9.17) is 9.02 Å². The summed E-state index contributed by atoms with van der Waals surface area (Å²) in [6.07, 6.45) is 0. The topological polar surface area (TPSA) is 50.7 Å². The minimum atomic E-state index is -0.332. The van der Waals surface area contributed by atoms with Crippen molar-refractivity contribution in [3.05, 3.63) is 64.9 Å². The van der Waals surface area contributed by atoms with E-state index >= 15 is 0 Å². The van der Waals surface area contributed by atoms with Gasteiger partial charge in [0.2, 0.25) is 0 Å². The molecular formula is C18H21FN4O2S3. The Morgan fingerprint density at radius 2 is 1.86 bits per heavy atom. The summed E-state index contributed by atoms with van der Waals surface area (Å²) in [6, 6.07) is 12.6. The molecule has 0 atom stereocenters. The number of ether oxygens (including phenoxy) is 1. The fourth-order valence-corrected chi connectivity index (χ4v) is 3.20. The molecule has 28 heavy (non-hydrogen) atoms. The predicted octanol–water partition coefficient (Wildman–Crippen LogP) is 4.74. The molecule has 3 aromatic rings. The Bertz CT molecular complexity index is 866. The second kappa shape index (κ2) is 10.5. The average molecular weight is 441 g/mol. The van der Waals surface area contributed by atoms with Crippen LogP contribution in [0.4, 0.5) is 16.0 Å². The summed E-state index contributed by atoms with van der Waals surface area (Å²) in [7, 11) is 3.44. The number of aryl methyl sites for hydroxylation is 1. The number of methoxy groups -OCH3 is 1. The minimum Gasteiger partial charge on any atom is -0.497 e. The lowest BCUT2D eigenvalue weighted by molar-refractivity contribution is 0.321. The van der Waals surface area contributed by atoms with Crippen LogP contribution in [-0.4, -0.2) is 23.5 Å². The molecule has 6 nitrogen and oxygen atoms in total. The van der Waals surface area contributed by atoms with E-state index in [2.05, 4.69) is 9.36 Å². The van der Waals surface area contributed by atoms with Gasteiger partial charge in [-0.15, -0.1) is 0 Å². The van der Waals surface area contributed by atoms with Crippen molar-refractivity contribution in [2.75, 3.05) is 23.5 Å². The highest BCUT2D eigenvalue weighted by molar-refractivity contribution is 7.96. The molecule has 0 bridgehead atoms. The lowest BCUT2D eigenvalue weighted by Gasteiger charge is -2.23. The zero-order chi connectivity index (χ0) is 19.2. The van der Waals surface area contributed by atoms with Gasteiger partial charge >= 0.3 is 0 Å². The van der Waals surface area contributed by atoms with Crippen molar-refractivity contribution < 1.29 is 13.4 Å². The number of pyridine rings is 1. The lowest BCUT2D eigenvalue weighted by atomic mass is 10.2. The molecule has 0 N–H and O–H groups in total. The molecule has 0 aliphatic heterocycles. The number of benzene rings is 1. The normalized spacial score (nSPS) is 10.3. The molecule has 0 saturated heterocycles. The van der Waals surface area contributed by atoms with Crippen LogP contribution >= 0.6 is 37.3 Å². The van der Waals surface area contributed by atoms with Crippen LogP contribution in [0.3, 0.4) is 0 Å². The highest BCUT2D eigenvalue weighted by Crippen LogP contribution is 2.26. The van der Waals surface area contributed by atoms with E-state index in [0.29, 0.717) is 23.9 Å². The Morgan fingerprint density at radius 3 is 2.46 bits per heavy atom. The molecule has 150 valence electrons. The molecule has 0 aliphatic carbocycles. The Kier molecular flexibility index (Phi) is 8.36. The van der Waals surface area contributed by atoms with Crippen LogP contribution in [0.15, 0.2) is 47.8 Å². The van der Waals surface area contributed by atoms with E-state index in [9.17, 15) is 4.39 Å². The zero-order valence-corrected chi connectivity index (χ0v) is 18.3. The van der Waals surface area contributed by atoms with Gasteiger partial charge in [0.1, 0.15) is 29.6 Å². The molecular weight excluding hydrogens is 419 g/mol. The van der Waals surface area contributed by atoms with Crippen LogP contribution in [0.2, 0.25) is 0 Å². The molecule has 0 spiro atoms. The van der Waals surface area contributed by atoms with Crippen molar-refractivity contribution in [1.29, 1.82) is 0 Å². The van der Waals surface area contributed by atoms with Crippen molar-refractivity contribution in [2.24, 2.45) is 0 Å². The van der Waals surface area contributed by atoms with Crippen molar-refractivity contribution in [3.63, 3.8) is 0 Å². The van der Waals surface area contributed by atoms with E-state index < -0.39 is 0 Å². The van der Waals surface area contributed by atoms with E-state index in [1.54, 1.807) is 36.5 Å². The third-order valence-corrected chi connectivity index (χ3v) is 4.94. The Hall–Kier alpha value is -2.01. The van der Waals surface area contributed by atoms with E-state index in [1.165, 1.54) is 17.6 Å². The third-order valence-electron chi connectivity index (χ3n) is 3.73. The van der Waals surface area contributed by atoms with Crippen LogP contribution in [-0.2, 0) is 10.8 Å². The number of aromatic nitrogens is 2. The summed E-state index contributed by atoms with van der Waals surface area (Å²) in [4.78, 5) is 4.22. The molecule has 0 unspecified atom stereocenters. The Morgan fingerprint density at radius 1 is 1.11 bits per heavy atom. The number of hydroxylamine groups is 1. The van der Waals surface area contributed by atoms with Crippen molar-refractivity contribution >= 4 is 48.9 Å². The standard InChI is InChI=1S/C18H19FN4O2S2.H2S/c1-13-16(19)8-9-17(20-13)22(2)27-25-23(18-10-11-26-21-18)12-14-4-6-15(24-3)7-5-14;/h4-11H,12H2,1-3H3;1H2. The average Bonchev–Trinajstić information content (AvgIpc) is 3.22. The summed E-state index contributed by atoms with van der Waals surface area (Å²) in [5.41, 5.74) is 1.39. The van der Waals surface area contributed by atoms with Gasteiger partial charge in [0.15, 0.2) is 5.82 Å². The van der Waals surface area contributed by atoms with Gasteiger partial charge in [0.05, 0.1) is 19.3 Å². The second-order valence-corrected chi connectivity index (χ2v) is 7.14. The number of halogens is 1. The number of hydrogen-bond acceptors (Lipinski definition) is 8. The molecule has 0 aliphatic rings. The monoisotopic (exact) mass is 440 g/mol. The van der Waals surface area contributed by atoms with Gasteiger partial charge in [-0.2, -0.15) is 22.2 Å². The quantitative estimate of drug-likeness (QED) is 0.285. The summed E-state index contributed by atoms with van der Waals surface area (Å²) in [6.45, 7) is 2.13. The first-order chi connectivity index (χ1) is 13.1. The number of nitrogens with zero attached hydrogens (tertiary/aromatic N) is 4. The second-order valence-electron chi connectivity index (χ2n) is 5.63. The first-order valence-corrected chi connectivity index (χ1v) is 9.63. The van der Waals surface area contributed by atoms with Crippen LogP contribution in [0.1, 0.15) is 11.3 Å². The lowest BCUT2D eigenvalue weighted by Crippen LogP contribution is -2.23.